The van der Waals surface area contributed by atoms with Gasteiger partial charge in [0.2, 0.25) is 20.0 Å². The van der Waals surface area contributed by atoms with Crippen LogP contribution in [0.25, 0.3) is 0 Å². The smallest absolute Gasteiger partial charge is 0.335 e. The van der Waals surface area contributed by atoms with Gasteiger partial charge in [0.1, 0.15) is 9.79 Å². The van der Waals surface area contributed by atoms with Crippen LogP contribution in [0.1, 0.15) is 27.1 Å². The number of carboxylic acid groups (broad SMARTS) is 2. The van der Waals surface area contributed by atoms with Gasteiger partial charge >= 0.3 is 11.9 Å². The van der Waals surface area contributed by atoms with E-state index in [2.05, 4.69) is 4.72 Å². The van der Waals surface area contributed by atoms with Crippen molar-refractivity contribution in [3.8, 4) is 0 Å². The van der Waals surface area contributed by atoms with E-state index in [1.165, 1.54) is 0 Å². The van der Waals surface area contributed by atoms with Crippen LogP contribution in [0.15, 0.2) is 46.2 Å². The Hall–Kier alpha value is -2.27. The Labute approximate surface area is 222 Å². The van der Waals surface area contributed by atoms with Gasteiger partial charge in [-0.2, -0.15) is 4.31 Å². The maximum absolute atomic E-state index is 13.5. The van der Waals surface area contributed by atoms with E-state index in [0.717, 1.165) is 40.7 Å². The van der Waals surface area contributed by atoms with E-state index >= 15 is 0 Å². The SMILES string of the molecule is O=C(O)c1ccc(Cl)c(S(=O)(=O)NCCN([C@H]2CCS(=O)(=O)C2)S(=O)(=O)c2cc(C(=O)O)ccc2Cl)c1. The third kappa shape index (κ3) is 6.60. The second-order valence-electron chi connectivity index (χ2n) is 7.97. The standard InChI is InChI=1S/C20H20Cl2N2O10S3/c21-15-3-1-12(19(25)26)9-17(15)36(31,32)23-6-7-24(14-5-8-35(29,30)11-14)37(33,34)18-10-13(20(27)28)2-4-16(18)22/h1-4,9-10,14,23H,5-8,11H2,(H,25,26)(H,27,28)/t14-/m0/s1. The van der Waals surface area contributed by atoms with Gasteiger partial charge in [-0.3, -0.25) is 0 Å². The van der Waals surface area contributed by atoms with E-state index in [0.29, 0.717) is 0 Å². The molecule has 0 aliphatic carbocycles. The number of halogens is 2. The van der Waals surface area contributed by atoms with Gasteiger partial charge in [-0.1, -0.05) is 23.2 Å². The molecule has 1 saturated heterocycles. The predicted molar refractivity (Wildman–Crippen MR) is 133 cm³/mol. The summed E-state index contributed by atoms with van der Waals surface area (Å²) < 4.78 is 79.6. The van der Waals surface area contributed by atoms with Crippen LogP contribution in [-0.4, -0.2) is 82.3 Å². The van der Waals surface area contributed by atoms with Crippen molar-refractivity contribution in [3.05, 3.63) is 57.6 Å². The van der Waals surface area contributed by atoms with E-state index < -0.39 is 76.5 Å². The van der Waals surface area contributed by atoms with Crippen LogP contribution in [0, 0.1) is 0 Å². The molecule has 0 amide bonds. The molecule has 2 aromatic carbocycles. The Morgan fingerprint density at radius 1 is 0.946 bits per heavy atom. The number of hydrogen-bond acceptors (Lipinski definition) is 8. The van der Waals surface area contributed by atoms with E-state index in [9.17, 15) is 39.9 Å². The normalized spacial score (nSPS) is 17.6. The molecule has 37 heavy (non-hydrogen) atoms. The lowest BCUT2D eigenvalue weighted by Gasteiger charge is -2.28. The molecule has 3 N–H and O–H groups in total. The Morgan fingerprint density at radius 2 is 1.46 bits per heavy atom. The van der Waals surface area contributed by atoms with Crippen molar-refractivity contribution in [2.75, 3.05) is 24.6 Å². The molecule has 202 valence electrons. The Balaban J connectivity index is 1.94. The summed E-state index contributed by atoms with van der Waals surface area (Å²) in [6.07, 6.45) is -0.0724. The molecule has 0 unspecified atom stereocenters. The molecule has 2 aromatic rings. The first-order valence-electron chi connectivity index (χ1n) is 10.3. The van der Waals surface area contributed by atoms with Crippen LogP contribution in [-0.2, 0) is 29.9 Å². The summed E-state index contributed by atoms with van der Waals surface area (Å²) >= 11 is 12.0. The summed E-state index contributed by atoms with van der Waals surface area (Å²) in [5, 5.41) is 17.8. The van der Waals surface area contributed by atoms with E-state index in [1.807, 2.05) is 0 Å². The van der Waals surface area contributed by atoms with Crippen molar-refractivity contribution in [3.63, 3.8) is 0 Å². The van der Waals surface area contributed by atoms with Gasteiger partial charge in [-0.15, -0.1) is 0 Å². The minimum atomic E-state index is -4.59. The maximum Gasteiger partial charge on any atom is 0.335 e. The van der Waals surface area contributed by atoms with Gasteiger partial charge in [-0.05, 0) is 42.8 Å². The first-order chi connectivity index (χ1) is 17.0. The average molecular weight is 615 g/mol. The van der Waals surface area contributed by atoms with Crippen LogP contribution >= 0.6 is 23.2 Å². The minimum Gasteiger partial charge on any atom is -0.478 e. The molecule has 1 aliphatic rings. The maximum atomic E-state index is 13.5. The molecule has 0 radical (unpaired) electrons. The summed E-state index contributed by atoms with van der Waals surface area (Å²) in [5.41, 5.74) is -0.728. The fraction of sp³-hybridized carbons (Fsp3) is 0.300. The van der Waals surface area contributed by atoms with E-state index in [-0.39, 0.29) is 33.3 Å². The number of hydrogen-bond donors (Lipinski definition) is 3. The first kappa shape index (κ1) is 29.3. The first-order valence-corrected chi connectivity index (χ1v) is 15.8. The summed E-state index contributed by atoms with van der Waals surface area (Å²) in [4.78, 5) is 21.4. The molecule has 0 aromatic heterocycles. The number of nitrogens with one attached hydrogen (secondary N) is 1. The molecule has 12 nitrogen and oxygen atoms in total. The Bertz CT molecular complexity index is 1580. The lowest BCUT2D eigenvalue weighted by Crippen LogP contribution is -2.45. The summed E-state index contributed by atoms with van der Waals surface area (Å²) in [5.74, 6) is -3.64. The van der Waals surface area contributed by atoms with Gasteiger partial charge in [0, 0.05) is 19.1 Å². The van der Waals surface area contributed by atoms with Crippen molar-refractivity contribution >= 4 is 65.0 Å². The quantitative estimate of drug-likeness (QED) is 0.353. The van der Waals surface area contributed by atoms with Gasteiger partial charge in [0.15, 0.2) is 9.84 Å². The zero-order chi connectivity index (χ0) is 27.8. The average Bonchev–Trinajstić information content (AvgIpc) is 3.15. The highest BCUT2D eigenvalue weighted by molar-refractivity contribution is 7.92. The molecule has 3 rings (SSSR count). The lowest BCUT2D eigenvalue weighted by molar-refractivity contribution is 0.0685. The molecule has 1 aliphatic heterocycles. The molecular formula is C20H20Cl2N2O10S3. The molecule has 1 heterocycles. The van der Waals surface area contributed by atoms with Gasteiger partial charge in [0.25, 0.3) is 0 Å². The van der Waals surface area contributed by atoms with Crippen LogP contribution in [0.2, 0.25) is 10.0 Å². The summed E-state index contributed by atoms with van der Waals surface area (Å²) in [6, 6.07) is 4.95. The highest BCUT2D eigenvalue weighted by atomic mass is 35.5. The van der Waals surface area contributed by atoms with Gasteiger partial charge in [-0.25, -0.2) is 39.6 Å². The van der Waals surface area contributed by atoms with E-state index in [1.54, 1.807) is 0 Å². The molecule has 17 heteroatoms. The van der Waals surface area contributed by atoms with Crippen molar-refractivity contribution < 1.29 is 45.1 Å². The molecule has 0 saturated carbocycles. The highest BCUT2D eigenvalue weighted by Crippen LogP contribution is 2.30. The summed E-state index contributed by atoms with van der Waals surface area (Å²) in [6.45, 7) is -1.10. The molecular weight excluding hydrogens is 595 g/mol. The third-order valence-corrected chi connectivity index (χ3v) is 11.6. The zero-order valence-electron chi connectivity index (χ0n) is 18.7. The molecule has 1 atom stereocenters. The highest BCUT2D eigenvalue weighted by Gasteiger charge is 2.39. The van der Waals surface area contributed by atoms with Gasteiger partial charge < -0.3 is 10.2 Å². The van der Waals surface area contributed by atoms with Gasteiger partial charge in [0.05, 0.1) is 32.7 Å². The second kappa shape index (κ2) is 10.8. The monoisotopic (exact) mass is 614 g/mol. The topological polar surface area (TPSA) is 192 Å². The molecule has 0 bridgehead atoms. The second-order valence-corrected chi connectivity index (χ2v) is 14.6. The number of rotatable bonds is 10. The number of nitrogens with zero attached hydrogens (tertiary/aromatic N) is 1. The number of carboxylic acids is 2. The Kier molecular flexibility index (Phi) is 8.58. The van der Waals surface area contributed by atoms with Crippen LogP contribution in [0.4, 0.5) is 0 Å². The number of sulfonamides is 2. The minimum absolute atomic E-state index is 0.0724. The van der Waals surface area contributed by atoms with Crippen LogP contribution < -0.4 is 4.72 Å². The fourth-order valence-electron chi connectivity index (χ4n) is 3.67. The predicted octanol–water partition coefficient (Wildman–Crippen LogP) is 1.55. The van der Waals surface area contributed by atoms with E-state index in [4.69, 9.17) is 28.3 Å². The van der Waals surface area contributed by atoms with Crippen LogP contribution in [0.5, 0.6) is 0 Å². The van der Waals surface area contributed by atoms with Crippen LogP contribution in [0.3, 0.4) is 0 Å². The number of benzene rings is 2. The zero-order valence-corrected chi connectivity index (χ0v) is 22.6. The van der Waals surface area contributed by atoms with Crippen molar-refractivity contribution in [1.29, 1.82) is 0 Å². The molecule has 0 spiro atoms. The number of carbonyl (C=O) groups is 2. The third-order valence-electron chi connectivity index (χ3n) is 5.47. The van der Waals surface area contributed by atoms with Crippen molar-refractivity contribution in [2.45, 2.75) is 22.3 Å². The lowest BCUT2D eigenvalue weighted by atomic mass is 10.2. The van der Waals surface area contributed by atoms with Crippen molar-refractivity contribution in [2.24, 2.45) is 0 Å². The number of sulfone groups is 1. The fourth-order valence-corrected chi connectivity index (χ4v) is 9.20. The van der Waals surface area contributed by atoms with Crippen molar-refractivity contribution in [1.82, 2.24) is 9.03 Å². The largest absolute Gasteiger partial charge is 0.478 e. The summed E-state index contributed by atoms with van der Waals surface area (Å²) in [7, 11) is -12.6. The Morgan fingerprint density at radius 3 is 1.95 bits per heavy atom. The molecule has 1 fully saturated rings. The number of aromatic carboxylic acids is 2.